The van der Waals surface area contributed by atoms with E-state index in [1.165, 1.54) is 6.92 Å². The fourth-order valence-corrected chi connectivity index (χ4v) is 2.58. The quantitative estimate of drug-likeness (QED) is 0.679. The highest BCUT2D eigenvalue weighted by Crippen LogP contribution is 2.25. The second-order valence-electron chi connectivity index (χ2n) is 4.54. The molecule has 0 saturated heterocycles. The van der Waals surface area contributed by atoms with Gasteiger partial charge in [-0.05, 0) is 48.0 Å². The van der Waals surface area contributed by atoms with E-state index in [0.717, 1.165) is 27.1 Å². The average molecular weight is 334 g/mol. The highest BCUT2D eigenvalue weighted by molar-refractivity contribution is 9.10. The highest BCUT2D eigenvalue weighted by atomic mass is 79.9. The van der Waals surface area contributed by atoms with E-state index in [9.17, 15) is 4.79 Å². The summed E-state index contributed by atoms with van der Waals surface area (Å²) in [7, 11) is 0. The fraction of sp³-hybridized carbons (Fsp3) is 0.200. The van der Waals surface area contributed by atoms with E-state index >= 15 is 0 Å². The van der Waals surface area contributed by atoms with E-state index < -0.39 is 0 Å². The van der Waals surface area contributed by atoms with E-state index in [-0.39, 0.29) is 5.91 Å². The lowest BCUT2D eigenvalue weighted by Gasteiger charge is -2.11. The number of benzene rings is 1. The minimum absolute atomic E-state index is 0.180. The van der Waals surface area contributed by atoms with Crippen LogP contribution in [-0.4, -0.2) is 16.7 Å². The molecule has 1 aromatic carbocycles. The van der Waals surface area contributed by atoms with Gasteiger partial charge in [-0.25, -0.2) is 5.43 Å². The van der Waals surface area contributed by atoms with Gasteiger partial charge in [0.1, 0.15) is 0 Å². The van der Waals surface area contributed by atoms with Crippen LogP contribution in [0.3, 0.4) is 0 Å². The van der Waals surface area contributed by atoms with E-state index in [0.29, 0.717) is 0 Å². The van der Waals surface area contributed by atoms with Crippen molar-refractivity contribution in [1.82, 2.24) is 9.99 Å². The molecule has 0 saturated carbocycles. The van der Waals surface area contributed by atoms with Crippen LogP contribution in [0.15, 0.2) is 39.9 Å². The summed E-state index contributed by atoms with van der Waals surface area (Å²) in [5, 5.41) is 3.92. The smallest absolute Gasteiger partial charge is 0.236 e. The molecule has 0 aliphatic heterocycles. The number of nitrogens with one attached hydrogen (secondary N) is 1. The van der Waals surface area contributed by atoms with Crippen molar-refractivity contribution >= 4 is 28.1 Å². The lowest BCUT2D eigenvalue weighted by atomic mass is 10.2. The van der Waals surface area contributed by atoms with Crippen molar-refractivity contribution < 1.29 is 4.79 Å². The molecule has 2 rings (SSSR count). The first kappa shape index (κ1) is 14.5. The molecule has 0 atom stereocenters. The van der Waals surface area contributed by atoms with Gasteiger partial charge in [-0.15, -0.1) is 0 Å². The molecule has 4 nitrogen and oxygen atoms in total. The van der Waals surface area contributed by atoms with Crippen LogP contribution in [0.5, 0.6) is 0 Å². The van der Waals surface area contributed by atoms with Crippen molar-refractivity contribution in [3.05, 3.63) is 51.8 Å². The summed E-state index contributed by atoms with van der Waals surface area (Å²) >= 11 is 3.57. The molecule has 0 unspecified atom stereocenters. The Morgan fingerprint density at radius 3 is 2.70 bits per heavy atom. The van der Waals surface area contributed by atoms with Gasteiger partial charge < -0.3 is 4.57 Å². The van der Waals surface area contributed by atoms with Crippen LogP contribution in [0, 0.1) is 13.8 Å². The molecule has 104 valence electrons. The highest BCUT2D eigenvalue weighted by Gasteiger charge is 2.11. The molecule has 0 aliphatic carbocycles. The third-order valence-corrected chi connectivity index (χ3v) is 3.66. The summed E-state index contributed by atoms with van der Waals surface area (Å²) in [6.07, 6.45) is 1.66. The molecule has 0 spiro atoms. The fourth-order valence-electron chi connectivity index (χ4n) is 2.11. The first-order valence-electron chi connectivity index (χ1n) is 6.24. The molecule has 5 heteroatoms. The van der Waals surface area contributed by atoms with Crippen LogP contribution in [0.25, 0.3) is 5.69 Å². The van der Waals surface area contributed by atoms with Gasteiger partial charge >= 0.3 is 0 Å². The lowest BCUT2D eigenvalue weighted by Crippen LogP contribution is -2.12. The predicted molar refractivity (Wildman–Crippen MR) is 84.4 cm³/mol. The van der Waals surface area contributed by atoms with Crippen molar-refractivity contribution in [2.24, 2.45) is 5.10 Å². The van der Waals surface area contributed by atoms with Gasteiger partial charge in [-0.3, -0.25) is 4.79 Å². The molecule has 0 radical (unpaired) electrons. The van der Waals surface area contributed by atoms with Gasteiger partial charge in [0.15, 0.2) is 0 Å². The molecule has 20 heavy (non-hydrogen) atoms. The Morgan fingerprint density at radius 2 is 2.05 bits per heavy atom. The normalized spacial score (nSPS) is 11.0. The molecule has 1 amide bonds. The molecule has 0 bridgehead atoms. The molecule has 0 aliphatic rings. The van der Waals surface area contributed by atoms with Crippen molar-refractivity contribution in [3.63, 3.8) is 0 Å². The Kier molecular flexibility index (Phi) is 4.39. The predicted octanol–water partition coefficient (Wildman–Crippen LogP) is 3.33. The molecule has 0 fully saturated rings. The van der Waals surface area contributed by atoms with E-state index in [1.807, 2.05) is 38.1 Å². The molecule has 1 heterocycles. The van der Waals surface area contributed by atoms with Gasteiger partial charge in [-0.1, -0.05) is 12.1 Å². The number of nitrogens with zero attached hydrogens (tertiary/aromatic N) is 2. The minimum atomic E-state index is -0.180. The SMILES string of the molecule is CC(=O)N/N=C\c1cc(C)n(-c2ccccc2Br)c1C. The Labute approximate surface area is 126 Å². The maximum Gasteiger partial charge on any atom is 0.236 e. The molecule has 2 aromatic rings. The zero-order chi connectivity index (χ0) is 14.7. The lowest BCUT2D eigenvalue weighted by molar-refractivity contribution is -0.118. The molecular formula is C15H16BrN3O. The number of aromatic nitrogens is 1. The van der Waals surface area contributed by atoms with E-state index in [1.54, 1.807) is 6.21 Å². The van der Waals surface area contributed by atoms with Gasteiger partial charge in [0.25, 0.3) is 0 Å². The van der Waals surface area contributed by atoms with Crippen LogP contribution in [0.1, 0.15) is 23.9 Å². The number of carbonyl (C=O) groups excluding carboxylic acids is 1. The number of carbonyl (C=O) groups is 1. The van der Waals surface area contributed by atoms with E-state index in [2.05, 4.69) is 37.1 Å². The Morgan fingerprint density at radius 1 is 1.35 bits per heavy atom. The number of hydrogen-bond donors (Lipinski definition) is 1. The number of hydrazone groups is 1. The second kappa shape index (κ2) is 6.05. The number of para-hydroxylation sites is 1. The van der Waals surface area contributed by atoms with Crippen LogP contribution in [0.4, 0.5) is 0 Å². The van der Waals surface area contributed by atoms with Gasteiger partial charge in [0.05, 0.1) is 11.9 Å². The van der Waals surface area contributed by atoms with Gasteiger partial charge in [-0.2, -0.15) is 5.10 Å². The summed E-state index contributed by atoms with van der Waals surface area (Å²) < 4.78 is 3.19. The Balaban J connectivity index is 2.42. The van der Waals surface area contributed by atoms with Crippen molar-refractivity contribution in [2.45, 2.75) is 20.8 Å². The third kappa shape index (κ3) is 2.99. The van der Waals surface area contributed by atoms with Crippen LogP contribution in [0.2, 0.25) is 0 Å². The summed E-state index contributed by atoms with van der Waals surface area (Å²) in [5.74, 6) is -0.180. The van der Waals surface area contributed by atoms with Crippen molar-refractivity contribution in [2.75, 3.05) is 0 Å². The van der Waals surface area contributed by atoms with Crippen molar-refractivity contribution in [1.29, 1.82) is 0 Å². The summed E-state index contributed by atoms with van der Waals surface area (Å²) in [6, 6.07) is 10.1. The monoisotopic (exact) mass is 333 g/mol. The number of amides is 1. The van der Waals surface area contributed by atoms with Crippen LogP contribution >= 0.6 is 15.9 Å². The first-order valence-corrected chi connectivity index (χ1v) is 7.03. The van der Waals surface area contributed by atoms with Gasteiger partial charge in [0.2, 0.25) is 5.91 Å². The summed E-state index contributed by atoms with van der Waals surface area (Å²) in [6.45, 7) is 5.51. The minimum Gasteiger partial charge on any atom is -0.317 e. The van der Waals surface area contributed by atoms with Crippen molar-refractivity contribution in [3.8, 4) is 5.69 Å². The zero-order valence-corrected chi connectivity index (χ0v) is 13.2. The summed E-state index contributed by atoms with van der Waals surface area (Å²) in [4.78, 5) is 10.8. The average Bonchev–Trinajstić information content (AvgIpc) is 2.65. The van der Waals surface area contributed by atoms with E-state index in [4.69, 9.17) is 0 Å². The molecule has 1 N–H and O–H groups in total. The Hall–Kier alpha value is -1.88. The first-order chi connectivity index (χ1) is 9.50. The number of hydrogen-bond acceptors (Lipinski definition) is 2. The third-order valence-electron chi connectivity index (χ3n) is 2.99. The summed E-state index contributed by atoms with van der Waals surface area (Å²) in [5.41, 5.74) is 6.66. The largest absolute Gasteiger partial charge is 0.317 e. The number of aryl methyl sites for hydroxylation is 1. The number of halogens is 1. The van der Waals surface area contributed by atoms with Crippen LogP contribution in [-0.2, 0) is 4.79 Å². The molecular weight excluding hydrogens is 318 g/mol. The maximum absolute atomic E-state index is 10.8. The van der Waals surface area contributed by atoms with Gasteiger partial charge in [0, 0.05) is 28.3 Å². The molecule has 1 aromatic heterocycles. The zero-order valence-electron chi connectivity index (χ0n) is 11.6. The standard InChI is InChI=1S/C15H16BrN3O/c1-10-8-13(9-17-18-12(3)20)11(2)19(10)15-7-5-4-6-14(15)16/h4-9H,1-3H3,(H,18,20)/b17-9-. The van der Waals surface area contributed by atoms with Crippen LogP contribution < -0.4 is 5.43 Å². The Bertz CT molecular complexity index is 674. The number of rotatable bonds is 3. The maximum atomic E-state index is 10.8. The second-order valence-corrected chi connectivity index (χ2v) is 5.39. The topological polar surface area (TPSA) is 46.4 Å².